The smallest absolute Gasteiger partial charge is 0.305 e. The molecule has 0 aromatic heterocycles. The van der Waals surface area contributed by atoms with Crippen molar-refractivity contribution in [2.45, 2.75) is 19.1 Å². The van der Waals surface area contributed by atoms with Gasteiger partial charge in [-0.1, -0.05) is 60.7 Å². The van der Waals surface area contributed by atoms with Crippen molar-refractivity contribution < 1.29 is 19.4 Å². The van der Waals surface area contributed by atoms with E-state index in [-0.39, 0.29) is 12.3 Å². The van der Waals surface area contributed by atoms with Crippen molar-refractivity contribution >= 4 is 11.9 Å². The molecule has 0 bridgehead atoms. The molecule has 5 nitrogen and oxygen atoms in total. The van der Waals surface area contributed by atoms with Gasteiger partial charge in [-0.15, -0.1) is 0 Å². The van der Waals surface area contributed by atoms with Crippen molar-refractivity contribution in [3.8, 4) is 5.75 Å². The molecule has 5 heteroatoms. The minimum atomic E-state index is -0.984. The van der Waals surface area contributed by atoms with Crippen LogP contribution in [0.25, 0.3) is 0 Å². The summed E-state index contributed by atoms with van der Waals surface area (Å²) in [7, 11) is 0. The van der Waals surface area contributed by atoms with Crippen LogP contribution in [-0.2, 0) is 11.4 Å². The highest BCUT2D eigenvalue weighted by molar-refractivity contribution is 5.94. The third kappa shape index (κ3) is 5.45. The van der Waals surface area contributed by atoms with Crippen molar-refractivity contribution in [3.63, 3.8) is 0 Å². The summed E-state index contributed by atoms with van der Waals surface area (Å²) in [5.74, 6) is -0.616. The van der Waals surface area contributed by atoms with Gasteiger partial charge >= 0.3 is 5.97 Å². The molecule has 0 aliphatic heterocycles. The van der Waals surface area contributed by atoms with Crippen LogP contribution in [-0.4, -0.2) is 17.0 Å². The molecular weight excluding hydrogens is 354 g/mol. The molecule has 28 heavy (non-hydrogen) atoms. The van der Waals surface area contributed by atoms with Gasteiger partial charge in [0.25, 0.3) is 5.91 Å². The minimum absolute atomic E-state index is 0.206. The quantitative estimate of drug-likeness (QED) is 0.618. The third-order valence-corrected chi connectivity index (χ3v) is 4.25. The van der Waals surface area contributed by atoms with Gasteiger partial charge in [-0.05, 0) is 35.4 Å². The molecule has 1 amide bonds. The highest BCUT2D eigenvalue weighted by Gasteiger charge is 2.19. The Balaban J connectivity index is 1.68. The van der Waals surface area contributed by atoms with Gasteiger partial charge in [0.05, 0.1) is 12.5 Å². The van der Waals surface area contributed by atoms with E-state index < -0.39 is 12.0 Å². The lowest BCUT2D eigenvalue weighted by Gasteiger charge is -2.18. The Morgan fingerprint density at radius 2 is 1.46 bits per heavy atom. The van der Waals surface area contributed by atoms with Crippen molar-refractivity contribution in [3.05, 3.63) is 102 Å². The maximum Gasteiger partial charge on any atom is 0.305 e. The normalized spacial score (nSPS) is 11.4. The zero-order chi connectivity index (χ0) is 19.8. The monoisotopic (exact) mass is 375 g/mol. The van der Waals surface area contributed by atoms with Crippen LogP contribution < -0.4 is 10.1 Å². The first-order valence-electron chi connectivity index (χ1n) is 8.96. The second-order valence-corrected chi connectivity index (χ2v) is 6.33. The second-order valence-electron chi connectivity index (χ2n) is 6.33. The molecule has 3 aromatic rings. The number of amides is 1. The third-order valence-electron chi connectivity index (χ3n) is 4.25. The maximum absolute atomic E-state index is 12.4. The van der Waals surface area contributed by atoms with Crippen molar-refractivity contribution in [1.29, 1.82) is 0 Å². The van der Waals surface area contributed by atoms with E-state index in [2.05, 4.69) is 5.32 Å². The lowest BCUT2D eigenvalue weighted by atomic mass is 10.0. The Labute approximate surface area is 163 Å². The lowest BCUT2D eigenvalue weighted by molar-refractivity contribution is -0.137. The van der Waals surface area contributed by atoms with E-state index in [1.54, 1.807) is 48.5 Å². The average molecular weight is 375 g/mol. The molecule has 1 atom stereocenters. The number of carbonyl (C=O) groups excluding carboxylic acids is 1. The van der Waals surface area contributed by atoms with Gasteiger partial charge in [-0.2, -0.15) is 0 Å². The van der Waals surface area contributed by atoms with Crippen LogP contribution in [0.1, 0.15) is 33.9 Å². The summed E-state index contributed by atoms with van der Waals surface area (Å²) in [6.45, 7) is 0.448. The van der Waals surface area contributed by atoms with Gasteiger partial charge in [0, 0.05) is 5.56 Å². The molecule has 0 fully saturated rings. The zero-order valence-corrected chi connectivity index (χ0v) is 15.2. The second kappa shape index (κ2) is 9.37. The van der Waals surface area contributed by atoms with Crippen LogP contribution in [0.3, 0.4) is 0 Å². The Hall–Kier alpha value is -3.60. The molecular formula is C23H21NO4. The van der Waals surface area contributed by atoms with E-state index in [1.165, 1.54) is 0 Å². The fraction of sp³-hybridized carbons (Fsp3) is 0.130. The molecule has 2 N–H and O–H groups in total. The number of nitrogens with one attached hydrogen (secondary N) is 1. The summed E-state index contributed by atoms with van der Waals surface area (Å²) in [5, 5.41) is 12.0. The van der Waals surface area contributed by atoms with Crippen molar-refractivity contribution in [2.75, 3.05) is 0 Å². The summed E-state index contributed by atoms with van der Waals surface area (Å²) in [6.07, 6.45) is -0.206. The molecule has 142 valence electrons. The van der Waals surface area contributed by atoms with E-state index in [0.29, 0.717) is 23.5 Å². The average Bonchev–Trinajstić information content (AvgIpc) is 2.73. The van der Waals surface area contributed by atoms with Gasteiger partial charge in [0.2, 0.25) is 0 Å². The van der Waals surface area contributed by atoms with Gasteiger partial charge in [-0.25, -0.2) is 0 Å². The number of hydrogen-bond acceptors (Lipinski definition) is 3. The number of rotatable bonds is 8. The Morgan fingerprint density at radius 3 is 2.07 bits per heavy atom. The fourth-order valence-corrected chi connectivity index (χ4v) is 2.80. The van der Waals surface area contributed by atoms with Crippen molar-refractivity contribution in [2.24, 2.45) is 0 Å². The number of ether oxygens (including phenoxy) is 1. The van der Waals surface area contributed by atoms with Gasteiger partial charge in [-0.3, -0.25) is 9.59 Å². The molecule has 0 aliphatic rings. The number of carbonyl (C=O) groups is 2. The number of carboxylic acids is 1. The van der Waals surface area contributed by atoms with E-state index in [4.69, 9.17) is 4.74 Å². The van der Waals surface area contributed by atoms with Gasteiger partial charge in [0.15, 0.2) is 0 Å². The summed E-state index contributed by atoms with van der Waals surface area (Å²) >= 11 is 0. The molecule has 0 radical (unpaired) electrons. The van der Waals surface area contributed by atoms with E-state index in [1.807, 2.05) is 36.4 Å². The van der Waals surface area contributed by atoms with Crippen LogP contribution >= 0.6 is 0 Å². The molecule has 0 heterocycles. The van der Waals surface area contributed by atoms with Gasteiger partial charge < -0.3 is 15.2 Å². The first-order chi connectivity index (χ1) is 13.6. The van der Waals surface area contributed by atoms with Crippen LogP contribution in [0.4, 0.5) is 0 Å². The van der Waals surface area contributed by atoms with E-state index in [0.717, 1.165) is 5.56 Å². The predicted molar refractivity (Wildman–Crippen MR) is 106 cm³/mol. The SMILES string of the molecule is O=C(O)CC(NC(=O)c1ccccc1)c1ccc(OCc2ccccc2)cc1. The van der Waals surface area contributed by atoms with Crippen LogP contribution in [0.5, 0.6) is 5.75 Å². The summed E-state index contributed by atoms with van der Waals surface area (Å²) in [6, 6.07) is 25.0. The highest BCUT2D eigenvalue weighted by Crippen LogP contribution is 2.22. The number of benzene rings is 3. The fourth-order valence-electron chi connectivity index (χ4n) is 2.80. The largest absolute Gasteiger partial charge is 0.489 e. The van der Waals surface area contributed by atoms with Crippen LogP contribution in [0.15, 0.2) is 84.9 Å². The first kappa shape index (κ1) is 19.2. The standard InChI is InChI=1S/C23H21NO4/c25-22(26)15-21(24-23(27)19-9-5-2-6-10-19)18-11-13-20(14-12-18)28-16-17-7-3-1-4-8-17/h1-14,21H,15-16H2,(H,24,27)(H,25,26). The lowest BCUT2D eigenvalue weighted by Crippen LogP contribution is -2.30. The first-order valence-corrected chi connectivity index (χ1v) is 8.96. The highest BCUT2D eigenvalue weighted by atomic mass is 16.5. The Morgan fingerprint density at radius 1 is 0.857 bits per heavy atom. The molecule has 0 spiro atoms. The molecule has 0 saturated heterocycles. The van der Waals surface area contributed by atoms with Crippen molar-refractivity contribution in [1.82, 2.24) is 5.32 Å². The van der Waals surface area contributed by atoms with E-state index in [9.17, 15) is 14.7 Å². The molecule has 3 rings (SSSR count). The number of aliphatic carboxylic acids is 1. The molecule has 3 aromatic carbocycles. The summed E-state index contributed by atoms with van der Waals surface area (Å²) in [5.41, 5.74) is 2.25. The summed E-state index contributed by atoms with van der Waals surface area (Å²) < 4.78 is 5.75. The number of hydrogen-bond donors (Lipinski definition) is 2. The zero-order valence-electron chi connectivity index (χ0n) is 15.2. The minimum Gasteiger partial charge on any atom is -0.489 e. The number of carboxylic acid groups (broad SMARTS) is 1. The topological polar surface area (TPSA) is 75.6 Å². The molecule has 0 aliphatic carbocycles. The Kier molecular flexibility index (Phi) is 6.41. The van der Waals surface area contributed by atoms with E-state index >= 15 is 0 Å². The predicted octanol–water partition coefficient (Wildman–Crippen LogP) is 4.21. The van der Waals surface area contributed by atoms with Crippen LogP contribution in [0.2, 0.25) is 0 Å². The maximum atomic E-state index is 12.4. The summed E-state index contributed by atoms with van der Waals surface area (Å²) in [4.78, 5) is 23.7. The molecule has 0 saturated carbocycles. The van der Waals surface area contributed by atoms with Gasteiger partial charge in [0.1, 0.15) is 12.4 Å². The van der Waals surface area contributed by atoms with Crippen LogP contribution in [0, 0.1) is 0 Å². The Bertz CT molecular complexity index is 908. The molecule has 1 unspecified atom stereocenters.